The third-order valence-corrected chi connectivity index (χ3v) is 4.33. The van der Waals surface area contributed by atoms with Gasteiger partial charge in [-0.05, 0) is 43.4 Å². The van der Waals surface area contributed by atoms with E-state index in [1.807, 2.05) is 0 Å². The summed E-state index contributed by atoms with van der Waals surface area (Å²) in [5.41, 5.74) is 0.661. The Kier molecular flexibility index (Phi) is 2.09. The van der Waals surface area contributed by atoms with Crippen molar-refractivity contribution in [1.82, 2.24) is 0 Å². The highest BCUT2D eigenvalue weighted by molar-refractivity contribution is 9.09. The zero-order valence-corrected chi connectivity index (χ0v) is 8.44. The molecular formula is C10H15Br. The lowest BCUT2D eigenvalue weighted by atomic mass is 9.75. The molecule has 0 aliphatic heterocycles. The topological polar surface area (TPSA) is 0 Å². The summed E-state index contributed by atoms with van der Waals surface area (Å²) in [5.74, 6) is 1.05. The molecule has 1 heteroatoms. The summed E-state index contributed by atoms with van der Waals surface area (Å²) in [7, 11) is 0. The lowest BCUT2D eigenvalue weighted by molar-refractivity contribution is 0.255. The van der Waals surface area contributed by atoms with Crippen LogP contribution in [0.15, 0.2) is 12.2 Å². The Balaban J connectivity index is 2.08. The van der Waals surface area contributed by atoms with Crippen molar-refractivity contribution in [2.75, 3.05) is 5.33 Å². The van der Waals surface area contributed by atoms with E-state index in [-0.39, 0.29) is 0 Å². The normalized spacial score (nSPS) is 37.5. The molecule has 2 aliphatic rings. The number of hydrogen-bond acceptors (Lipinski definition) is 0. The van der Waals surface area contributed by atoms with Gasteiger partial charge in [-0.2, -0.15) is 0 Å². The third-order valence-electron chi connectivity index (χ3n) is 3.21. The van der Waals surface area contributed by atoms with E-state index in [9.17, 15) is 0 Å². The first-order chi connectivity index (χ1) is 5.37. The zero-order valence-electron chi connectivity index (χ0n) is 6.85. The van der Waals surface area contributed by atoms with Crippen LogP contribution in [0, 0.1) is 11.3 Å². The Morgan fingerprint density at radius 1 is 1.36 bits per heavy atom. The number of rotatable bonds is 2. The van der Waals surface area contributed by atoms with E-state index in [1.165, 1.54) is 37.4 Å². The fourth-order valence-corrected chi connectivity index (χ4v) is 3.17. The standard InChI is InChI=1S/C10H15Br/c11-8-10(9-4-5-9)6-2-1-3-7-10/h1-2,9H,3-8H2. The summed E-state index contributed by atoms with van der Waals surface area (Å²) in [6, 6.07) is 0. The van der Waals surface area contributed by atoms with Crippen molar-refractivity contribution < 1.29 is 0 Å². The zero-order chi connectivity index (χ0) is 7.73. The summed E-state index contributed by atoms with van der Waals surface area (Å²) in [4.78, 5) is 0. The molecule has 0 heterocycles. The van der Waals surface area contributed by atoms with Crippen molar-refractivity contribution in [2.24, 2.45) is 11.3 Å². The van der Waals surface area contributed by atoms with Gasteiger partial charge in [0, 0.05) is 5.33 Å². The van der Waals surface area contributed by atoms with Crippen molar-refractivity contribution >= 4 is 15.9 Å². The van der Waals surface area contributed by atoms with Gasteiger partial charge in [0.2, 0.25) is 0 Å². The molecule has 2 rings (SSSR count). The van der Waals surface area contributed by atoms with Gasteiger partial charge in [-0.3, -0.25) is 0 Å². The van der Waals surface area contributed by atoms with Crippen molar-refractivity contribution in [3.8, 4) is 0 Å². The Hall–Kier alpha value is 0.220. The van der Waals surface area contributed by atoms with Gasteiger partial charge in [0.15, 0.2) is 0 Å². The lowest BCUT2D eigenvalue weighted by Gasteiger charge is -2.33. The number of alkyl halides is 1. The van der Waals surface area contributed by atoms with Crippen molar-refractivity contribution in [1.29, 1.82) is 0 Å². The molecule has 0 aromatic heterocycles. The van der Waals surface area contributed by atoms with Crippen molar-refractivity contribution in [3.05, 3.63) is 12.2 Å². The first kappa shape index (κ1) is 7.85. The molecule has 0 N–H and O–H groups in total. The molecule has 62 valence electrons. The number of hydrogen-bond donors (Lipinski definition) is 0. The lowest BCUT2D eigenvalue weighted by Crippen LogP contribution is -2.26. The fourth-order valence-electron chi connectivity index (χ4n) is 2.21. The van der Waals surface area contributed by atoms with Crippen LogP contribution in [0.3, 0.4) is 0 Å². The van der Waals surface area contributed by atoms with Gasteiger partial charge < -0.3 is 0 Å². The summed E-state index contributed by atoms with van der Waals surface area (Å²) in [6.45, 7) is 0. The van der Waals surface area contributed by atoms with Gasteiger partial charge >= 0.3 is 0 Å². The smallest absolute Gasteiger partial charge is 0.00936 e. The summed E-state index contributed by atoms with van der Waals surface area (Å²) < 4.78 is 0. The molecule has 1 atom stereocenters. The van der Waals surface area contributed by atoms with Crippen molar-refractivity contribution in [2.45, 2.75) is 32.1 Å². The predicted octanol–water partition coefficient (Wildman–Crippen LogP) is 3.52. The van der Waals surface area contributed by atoms with Gasteiger partial charge in [-0.1, -0.05) is 28.1 Å². The maximum Gasteiger partial charge on any atom is 0.00936 e. The molecule has 0 aromatic carbocycles. The minimum atomic E-state index is 0.661. The molecule has 0 radical (unpaired) electrons. The molecule has 1 saturated carbocycles. The molecule has 2 aliphatic carbocycles. The molecule has 1 fully saturated rings. The average Bonchev–Trinajstić information content (AvgIpc) is 2.88. The monoisotopic (exact) mass is 214 g/mol. The highest BCUT2D eigenvalue weighted by atomic mass is 79.9. The Morgan fingerprint density at radius 2 is 2.18 bits per heavy atom. The quantitative estimate of drug-likeness (QED) is 0.488. The highest BCUT2D eigenvalue weighted by Gasteiger charge is 2.43. The second kappa shape index (κ2) is 2.93. The van der Waals surface area contributed by atoms with E-state index >= 15 is 0 Å². The van der Waals surface area contributed by atoms with Crippen LogP contribution in [0.2, 0.25) is 0 Å². The van der Waals surface area contributed by atoms with Crippen LogP contribution in [0.4, 0.5) is 0 Å². The van der Waals surface area contributed by atoms with E-state index in [2.05, 4.69) is 28.1 Å². The minimum Gasteiger partial charge on any atom is -0.0922 e. The van der Waals surface area contributed by atoms with E-state index in [0.29, 0.717) is 5.41 Å². The van der Waals surface area contributed by atoms with Crippen LogP contribution in [0.25, 0.3) is 0 Å². The van der Waals surface area contributed by atoms with E-state index in [1.54, 1.807) is 0 Å². The van der Waals surface area contributed by atoms with Crippen LogP contribution in [-0.2, 0) is 0 Å². The van der Waals surface area contributed by atoms with Gasteiger partial charge in [0.05, 0.1) is 0 Å². The van der Waals surface area contributed by atoms with E-state index in [0.717, 1.165) is 5.92 Å². The molecule has 11 heavy (non-hydrogen) atoms. The number of allylic oxidation sites excluding steroid dienone is 2. The van der Waals surface area contributed by atoms with Gasteiger partial charge in [-0.25, -0.2) is 0 Å². The first-order valence-electron chi connectivity index (χ1n) is 4.58. The second-order valence-corrected chi connectivity index (χ2v) is 4.55. The molecule has 0 bridgehead atoms. The summed E-state index contributed by atoms with van der Waals surface area (Å²) >= 11 is 3.67. The molecular weight excluding hydrogens is 200 g/mol. The fraction of sp³-hybridized carbons (Fsp3) is 0.800. The molecule has 0 aromatic rings. The van der Waals surface area contributed by atoms with Crippen LogP contribution >= 0.6 is 15.9 Å². The summed E-state index contributed by atoms with van der Waals surface area (Å²) in [6.07, 6.45) is 11.7. The molecule has 0 amide bonds. The molecule has 1 unspecified atom stereocenters. The summed E-state index contributed by atoms with van der Waals surface area (Å²) in [5, 5.41) is 1.22. The van der Waals surface area contributed by atoms with Gasteiger partial charge in [-0.15, -0.1) is 0 Å². The number of halogens is 1. The molecule has 0 saturated heterocycles. The van der Waals surface area contributed by atoms with Crippen LogP contribution in [0.5, 0.6) is 0 Å². The molecule has 0 nitrogen and oxygen atoms in total. The Labute approximate surface area is 77.2 Å². The van der Waals surface area contributed by atoms with Crippen LogP contribution < -0.4 is 0 Å². The average molecular weight is 215 g/mol. The second-order valence-electron chi connectivity index (χ2n) is 3.98. The van der Waals surface area contributed by atoms with E-state index < -0.39 is 0 Å². The first-order valence-corrected chi connectivity index (χ1v) is 5.70. The Bertz CT molecular complexity index is 170. The minimum absolute atomic E-state index is 0.661. The highest BCUT2D eigenvalue weighted by Crippen LogP contribution is 2.52. The van der Waals surface area contributed by atoms with Gasteiger partial charge in [0.1, 0.15) is 0 Å². The van der Waals surface area contributed by atoms with Crippen molar-refractivity contribution in [3.63, 3.8) is 0 Å². The maximum absolute atomic E-state index is 3.67. The predicted molar refractivity (Wildman–Crippen MR) is 51.9 cm³/mol. The van der Waals surface area contributed by atoms with Gasteiger partial charge in [0.25, 0.3) is 0 Å². The van der Waals surface area contributed by atoms with Crippen LogP contribution in [0.1, 0.15) is 32.1 Å². The molecule has 0 spiro atoms. The largest absolute Gasteiger partial charge is 0.0922 e. The maximum atomic E-state index is 3.67. The third kappa shape index (κ3) is 1.40. The van der Waals surface area contributed by atoms with Crippen LogP contribution in [-0.4, -0.2) is 5.33 Å². The Morgan fingerprint density at radius 3 is 2.64 bits per heavy atom. The van der Waals surface area contributed by atoms with E-state index in [4.69, 9.17) is 0 Å². The SMILES string of the molecule is BrCC1(C2CC2)CC=CCC1.